The molecule has 0 unspecified atom stereocenters. The average molecular weight is 324 g/mol. The maximum atomic E-state index is 12.1. The molecule has 5 heteroatoms. The van der Waals surface area contributed by atoms with E-state index >= 15 is 0 Å². The largest absolute Gasteiger partial charge is 0.322 e. The lowest BCUT2D eigenvalue weighted by molar-refractivity contribution is -0.384. The SMILES string of the molecule is CC[C@H](C)c1ccccc1NC(=O)/C=C/c1cccc([N+](=O)[O-])c1. The number of non-ortho nitro benzene ring substituents is 1. The molecule has 1 atom stereocenters. The number of anilines is 1. The summed E-state index contributed by atoms with van der Waals surface area (Å²) in [5.41, 5.74) is 2.49. The van der Waals surface area contributed by atoms with Gasteiger partial charge in [-0.1, -0.05) is 44.2 Å². The van der Waals surface area contributed by atoms with Gasteiger partial charge in [0.25, 0.3) is 5.69 Å². The first-order valence-electron chi connectivity index (χ1n) is 7.83. The average Bonchev–Trinajstić information content (AvgIpc) is 2.60. The Kier molecular flexibility index (Phi) is 5.84. The Morgan fingerprint density at radius 3 is 2.71 bits per heavy atom. The van der Waals surface area contributed by atoms with Crippen LogP contribution in [0.25, 0.3) is 6.08 Å². The Morgan fingerprint density at radius 1 is 1.25 bits per heavy atom. The predicted molar refractivity (Wildman–Crippen MR) is 95.9 cm³/mol. The molecule has 0 aliphatic rings. The Balaban J connectivity index is 2.11. The van der Waals surface area contributed by atoms with E-state index in [2.05, 4.69) is 19.2 Å². The first-order valence-corrected chi connectivity index (χ1v) is 7.83. The zero-order valence-corrected chi connectivity index (χ0v) is 13.7. The molecule has 0 saturated carbocycles. The van der Waals surface area contributed by atoms with Crippen LogP contribution in [0.1, 0.15) is 37.3 Å². The summed E-state index contributed by atoms with van der Waals surface area (Å²) in [4.78, 5) is 22.4. The highest BCUT2D eigenvalue weighted by atomic mass is 16.6. The molecule has 2 rings (SSSR count). The number of carbonyl (C=O) groups excluding carboxylic acids is 1. The van der Waals surface area contributed by atoms with Gasteiger partial charge in [-0.05, 0) is 35.6 Å². The van der Waals surface area contributed by atoms with Crippen LogP contribution in [0.2, 0.25) is 0 Å². The van der Waals surface area contributed by atoms with Crippen molar-refractivity contribution < 1.29 is 9.72 Å². The number of nitro benzene ring substituents is 1. The van der Waals surface area contributed by atoms with Crippen LogP contribution in [0.3, 0.4) is 0 Å². The van der Waals surface area contributed by atoms with E-state index in [1.807, 2.05) is 24.3 Å². The first-order chi connectivity index (χ1) is 11.5. The molecule has 0 aliphatic carbocycles. The van der Waals surface area contributed by atoms with Gasteiger partial charge >= 0.3 is 0 Å². The summed E-state index contributed by atoms with van der Waals surface area (Å²) in [5.74, 6) is 0.0829. The molecule has 0 fully saturated rings. The first kappa shape index (κ1) is 17.4. The molecule has 124 valence electrons. The quantitative estimate of drug-likeness (QED) is 0.473. The molecule has 2 aromatic rings. The Hall–Kier alpha value is -2.95. The maximum absolute atomic E-state index is 12.1. The number of rotatable bonds is 6. The fourth-order valence-electron chi connectivity index (χ4n) is 2.35. The van der Waals surface area contributed by atoms with E-state index in [9.17, 15) is 14.9 Å². The van der Waals surface area contributed by atoms with Crippen molar-refractivity contribution in [3.63, 3.8) is 0 Å². The van der Waals surface area contributed by atoms with Gasteiger partial charge in [0, 0.05) is 23.9 Å². The molecule has 0 heterocycles. The van der Waals surface area contributed by atoms with Gasteiger partial charge in [-0.3, -0.25) is 14.9 Å². The summed E-state index contributed by atoms with van der Waals surface area (Å²) in [6.07, 6.45) is 3.93. The van der Waals surface area contributed by atoms with Crippen molar-refractivity contribution >= 4 is 23.4 Å². The van der Waals surface area contributed by atoms with Crippen LogP contribution >= 0.6 is 0 Å². The molecule has 0 radical (unpaired) electrons. The lowest BCUT2D eigenvalue weighted by atomic mass is 9.97. The maximum Gasteiger partial charge on any atom is 0.270 e. The molecule has 2 aromatic carbocycles. The van der Waals surface area contributed by atoms with Gasteiger partial charge in [0.2, 0.25) is 5.91 Å². The molecule has 1 amide bonds. The summed E-state index contributed by atoms with van der Waals surface area (Å²) in [7, 11) is 0. The third-order valence-corrected chi connectivity index (χ3v) is 3.87. The smallest absolute Gasteiger partial charge is 0.270 e. The molecule has 0 saturated heterocycles. The van der Waals surface area contributed by atoms with Crippen LogP contribution in [-0.2, 0) is 4.79 Å². The van der Waals surface area contributed by atoms with E-state index in [-0.39, 0.29) is 11.6 Å². The minimum Gasteiger partial charge on any atom is -0.322 e. The second-order valence-electron chi connectivity index (χ2n) is 5.57. The fraction of sp³-hybridized carbons (Fsp3) is 0.211. The lowest BCUT2D eigenvalue weighted by Crippen LogP contribution is -2.10. The molecule has 0 aliphatic heterocycles. The van der Waals surface area contributed by atoms with Crippen molar-refractivity contribution in [1.82, 2.24) is 0 Å². The fourth-order valence-corrected chi connectivity index (χ4v) is 2.35. The van der Waals surface area contributed by atoms with E-state index in [0.29, 0.717) is 11.5 Å². The van der Waals surface area contributed by atoms with Crippen molar-refractivity contribution in [1.29, 1.82) is 0 Å². The molecule has 5 nitrogen and oxygen atoms in total. The van der Waals surface area contributed by atoms with E-state index in [1.54, 1.807) is 18.2 Å². The van der Waals surface area contributed by atoms with Gasteiger partial charge in [-0.2, -0.15) is 0 Å². The van der Waals surface area contributed by atoms with Crippen LogP contribution in [0, 0.1) is 10.1 Å². The van der Waals surface area contributed by atoms with Gasteiger partial charge < -0.3 is 5.32 Å². The monoisotopic (exact) mass is 324 g/mol. The molecule has 1 N–H and O–H groups in total. The second-order valence-corrected chi connectivity index (χ2v) is 5.57. The Morgan fingerprint density at radius 2 is 2.00 bits per heavy atom. The van der Waals surface area contributed by atoms with E-state index < -0.39 is 4.92 Å². The van der Waals surface area contributed by atoms with Crippen LogP contribution < -0.4 is 5.32 Å². The number of nitrogens with one attached hydrogen (secondary N) is 1. The molecule has 0 spiro atoms. The third-order valence-electron chi connectivity index (χ3n) is 3.87. The zero-order valence-electron chi connectivity index (χ0n) is 13.7. The standard InChI is InChI=1S/C19H20N2O3/c1-3-14(2)17-9-4-5-10-18(17)20-19(22)12-11-15-7-6-8-16(13-15)21(23)24/h4-14H,3H2,1-2H3,(H,20,22)/b12-11+/t14-/m0/s1. The van der Waals surface area contributed by atoms with E-state index in [4.69, 9.17) is 0 Å². The number of hydrogen-bond donors (Lipinski definition) is 1. The third kappa shape index (κ3) is 4.52. The van der Waals surface area contributed by atoms with Crippen molar-refractivity contribution in [2.75, 3.05) is 5.32 Å². The number of nitro groups is 1. The Bertz CT molecular complexity index is 769. The topological polar surface area (TPSA) is 72.2 Å². The minimum atomic E-state index is -0.459. The van der Waals surface area contributed by atoms with Crippen molar-refractivity contribution in [2.45, 2.75) is 26.2 Å². The summed E-state index contributed by atoms with van der Waals surface area (Å²) in [6, 6.07) is 13.9. The molecular weight excluding hydrogens is 304 g/mol. The number of para-hydroxylation sites is 1. The normalized spacial score (nSPS) is 12.1. The number of carbonyl (C=O) groups is 1. The highest BCUT2D eigenvalue weighted by Gasteiger charge is 2.10. The van der Waals surface area contributed by atoms with E-state index in [1.165, 1.54) is 18.2 Å². The highest BCUT2D eigenvalue weighted by Crippen LogP contribution is 2.26. The van der Waals surface area contributed by atoms with Gasteiger partial charge in [-0.15, -0.1) is 0 Å². The highest BCUT2D eigenvalue weighted by molar-refractivity contribution is 6.02. The van der Waals surface area contributed by atoms with Gasteiger partial charge in [0.1, 0.15) is 0 Å². The molecule has 0 bridgehead atoms. The summed E-state index contributed by atoms with van der Waals surface area (Å²) < 4.78 is 0. The number of nitrogens with zero attached hydrogens (tertiary/aromatic N) is 1. The number of benzene rings is 2. The van der Waals surface area contributed by atoms with Crippen molar-refractivity contribution in [3.8, 4) is 0 Å². The second kappa shape index (κ2) is 8.06. The van der Waals surface area contributed by atoms with Crippen molar-refractivity contribution in [3.05, 3.63) is 75.8 Å². The zero-order chi connectivity index (χ0) is 17.5. The van der Waals surface area contributed by atoms with Gasteiger partial charge in [0.05, 0.1) is 4.92 Å². The molecule has 0 aromatic heterocycles. The van der Waals surface area contributed by atoms with Gasteiger partial charge in [0.15, 0.2) is 0 Å². The summed E-state index contributed by atoms with van der Waals surface area (Å²) >= 11 is 0. The number of amides is 1. The van der Waals surface area contributed by atoms with Crippen LogP contribution in [0.5, 0.6) is 0 Å². The minimum absolute atomic E-state index is 0.000302. The van der Waals surface area contributed by atoms with Crippen LogP contribution in [-0.4, -0.2) is 10.8 Å². The van der Waals surface area contributed by atoms with E-state index in [0.717, 1.165) is 17.7 Å². The summed E-state index contributed by atoms with van der Waals surface area (Å²) in [6.45, 7) is 4.22. The molecular formula is C19H20N2O3. The number of hydrogen-bond acceptors (Lipinski definition) is 3. The van der Waals surface area contributed by atoms with Gasteiger partial charge in [-0.25, -0.2) is 0 Å². The molecule has 24 heavy (non-hydrogen) atoms. The summed E-state index contributed by atoms with van der Waals surface area (Å²) in [5, 5.41) is 13.6. The Labute approximate surface area is 141 Å². The van der Waals surface area contributed by atoms with Crippen molar-refractivity contribution in [2.24, 2.45) is 0 Å². The lowest BCUT2D eigenvalue weighted by Gasteiger charge is -2.14. The van der Waals surface area contributed by atoms with Crippen LogP contribution in [0.4, 0.5) is 11.4 Å². The van der Waals surface area contributed by atoms with Crippen LogP contribution in [0.15, 0.2) is 54.6 Å². The predicted octanol–water partition coefficient (Wildman–Crippen LogP) is 4.76.